The predicted octanol–water partition coefficient (Wildman–Crippen LogP) is 4.22. The van der Waals surface area contributed by atoms with Crippen molar-refractivity contribution in [2.75, 3.05) is 31.1 Å². The van der Waals surface area contributed by atoms with E-state index in [-0.39, 0.29) is 6.17 Å². The number of anilines is 1. The van der Waals surface area contributed by atoms with Gasteiger partial charge in [-0.2, -0.15) is 0 Å². The standard InChI is InChI=1S/C25H24N4O/c30-19-24(29-14-12-21-9-6-13-26-25(21)29)28-17-15-27(16-18-28)23-11-5-4-10-22(23)20-7-2-1-3-8-20/h1-14,19,24H,15-18H2. The van der Waals surface area contributed by atoms with Crippen LogP contribution in [0.2, 0.25) is 0 Å². The number of nitrogens with zero attached hydrogens (tertiary/aromatic N) is 4. The Hall–Kier alpha value is -3.44. The third-order valence-electron chi connectivity index (χ3n) is 5.90. The lowest BCUT2D eigenvalue weighted by Crippen LogP contribution is -2.49. The maximum atomic E-state index is 12.0. The summed E-state index contributed by atoms with van der Waals surface area (Å²) in [5, 5.41) is 1.06. The molecule has 2 aromatic heterocycles. The molecule has 0 saturated carbocycles. The zero-order valence-corrected chi connectivity index (χ0v) is 16.8. The Morgan fingerprint density at radius 1 is 0.833 bits per heavy atom. The third kappa shape index (κ3) is 3.37. The van der Waals surface area contributed by atoms with Crippen molar-refractivity contribution >= 4 is 23.0 Å². The van der Waals surface area contributed by atoms with Crippen molar-refractivity contribution in [3.63, 3.8) is 0 Å². The van der Waals surface area contributed by atoms with Crippen LogP contribution in [0.25, 0.3) is 22.2 Å². The van der Waals surface area contributed by atoms with Crippen LogP contribution in [0.4, 0.5) is 5.69 Å². The summed E-state index contributed by atoms with van der Waals surface area (Å²) in [7, 11) is 0. The first kappa shape index (κ1) is 18.6. The first-order chi connectivity index (χ1) is 14.8. The Morgan fingerprint density at radius 3 is 2.40 bits per heavy atom. The number of pyridine rings is 1. The van der Waals surface area contributed by atoms with Gasteiger partial charge in [-0.1, -0.05) is 48.5 Å². The summed E-state index contributed by atoms with van der Waals surface area (Å²) in [6.07, 6.45) is 4.44. The zero-order chi connectivity index (χ0) is 20.3. The van der Waals surface area contributed by atoms with E-state index in [1.54, 1.807) is 6.20 Å². The molecule has 1 aliphatic heterocycles. The Morgan fingerprint density at radius 2 is 1.60 bits per heavy atom. The highest BCUT2D eigenvalue weighted by Crippen LogP contribution is 2.32. The smallest absolute Gasteiger partial charge is 0.157 e. The van der Waals surface area contributed by atoms with Crippen LogP contribution in [-0.4, -0.2) is 46.9 Å². The number of aromatic nitrogens is 2. The maximum Gasteiger partial charge on any atom is 0.157 e. The molecule has 0 radical (unpaired) electrons. The van der Waals surface area contributed by atoms with Gasteiger partial charge in [0, 0.05) is 55.2 Å². The molecule has 30 heavy (non-hydrogen) atoms. The number of hydrogen-bond acceptors (Lipinski definition) is 4. The number of hydrogen-bond donors (Lipinski definition) is 0. The van der Waals surface area contributed by atoms with Gasteiger partial charge in [-0.3, -0.25) is 9.69 Å². The highest BCUT2D eigenvalue weighted by molar-refractivity contribution is 5.79. The molecule has 0 aliphatic carbocycles. The van der Waals surface area contributed by atoms with Crippen molar-refractivity contribution in [2.45, 2.75) is 6.17 Å². The van der Waals surface area contributed by atoms with Gasteiger partial charge in [0.1, 0.15) is 11.8 Å². The second-order valence-corrected chi connectivity index (χ2v) is 7.60. The largest absolute Gasteiger partial charge is 0.368 e. The molecular formula is C25H24N4O. The number of rotatable bonds is 5. The van der Waals surface area contributed by atoms with E-state index in [1.807, 2.05) is 35.0 Å². The van der Waals surface area contributed by atoms with Crippen molar-refractivity contribution in [2.24, 2.45) is 0 Å². The van der Waals surface area contributed by atoms with Crippen LogP contribution in [0.3, 0.4) is 0 Å². The molecule has 5 nitrogen and oxygen atoms in total. The molecule has 150 valence electrons. The van der Waals surface area contributed by atoms with Crippen molar-refractivity contribution in [3.05, 3.63) is 85.2 Å². The van der Waals surface area contributed by atoms with Gasteiger partial charge in [0.05, 0.1) is 0 Å². The normalized spacial score (nSPS) is 15.9. The maximum absolute atomic E-state index is 12.0. The molecule has 0 bridgehead atoms. The fourth-order valence-corrected chi connectivity index (χ4v) is 4.37. The van der Waals surface area contributed by atoms with E-state index in [1.165, 1.54) is 16.8 Å². The minimum atomic E-state index is -0.330. The van der Waals surface area contributed by atoms with Crippen LogP contribution in [0.15, 0.2) is 85.2 Å². The molecule has 1 fully saturated rings. The first-order valence-corrected chi connectivity index (χ1v) is 10.4. The van der Waals surface area contributed by atoms with Crippen LogP contribution >= 0.6 is 0 Å². The number of carbonyl (C=O) groups is 1. The lowest BCUT2D eigenvalue weighted by Gasteiger charge is -2.39. The van der Waals surface area contributed by atoms with E-state index in [9.17, 15) is 4.79 Å². The number of carbonyl (C=O) groups excluding carboxylic acids is 1. The Labute approximate surface area is 176 Å². The van der Waals surface area contributed by atoms with Gasteiger partial charge in [0.25, 0.3) is 0 Å². The lowest BCUT2D eigenvalue weighted by atomic mass is 10.0. The quantitative estimate of drug-likeness (QED) is 0.474. The lowest BCUT2D eigenvalue weighted by molar-refractivity contribution is -0.115. The number of para-hydroxylation sites is 1. The summed E-state index contributed by atoms with van der Waals surface area (Å²) in [6, 6.07) is 25.0. The molecule has 1 aliphatic rings. The summed E-state index contributed by atoms with van der Waals surface area (Å²) in [6.45, 7) is 3.39. The minimum Gasteiger partial charge on any atom is -0.368 e. The van der Waals surface area contributed by atoms with Crippen LogP contribution in [-0.2, 0) is 4.79 Å². The Bertz CT molecular complexity index is 1150. The Kier molecular flexibility index (Phi) is 5.03. The van der Waals surface area contributed by atoms with Gasteiger partial charge in [-0.05, 0) is 29.8 Å². The molecule has 5 rings (SSSR count). The van der Waals surface area contributed by atoms with Gasteiger partial charge in [0.2, 0.25) is 0 Å². The van der Waals surface area contributed by atoms with E-state index in [2.05, 4.69) is 63.3 Å². The van der Waals surface area contributed by atoms with Gasteiger partial charge in [0.15, 0.2) is 6.29 Å². The first-order valence-electron chi connectivity index (χ1n) is 10.4. The minimum absolute atomic E-state index is 0.330. The fourth-order valence-electron chi connectivity index (χ4n) is 4.37. The molecule has 0 amide bonds. The predicted molar refractivity (Wildman–Crippen MR) is 120 cm³/mol. The van der Waals surface area contributed by atoms with E-state index in [4.69, 9.17) is 0 Å². The molecule has 0 spiro atoms. The van der Waals surface area contributed by atoms with Crippen LogP contribution < -0.4 is 4.90 Å². The SMILES string of the molecule is O=CC(N1CCN(c2ccccc2-c2ccccc2)CC1)n1ccc2cccnc21. The molecule has 0 N–H and O–H groups in total. The third-order valence-corrected chi connectivity index (χ3v) is 5.90. The van der Waals surface area contributed by atoms with Crippen molar-refractivity contribution < 1.29 is 4.79 Å². The number of benzene rings is 2. The second-order valence-electron chi connectivity index (χ2n) is 7.60. The van der Waals surface area contributed by atoms with E-state index >= 15 is 0 Å². The van der Waals surface area contributed by atoms with Crippen molar-refractivity contribution in [1.82, 2.24) is 14.5 Å². The van der Waals surface area contributed by atoms with Gasteiger partial charge >= 0.3 is 0 Å². The summed E-state index contributed by atoms with van der Waals surface area (Å²) < 4.78 is 1.98. The number of fused-ring (bicyclic) bond motifs is 1. The molecular weight excluding hydrogens is 372 g/mol. The molecule has 2 aromatic carbocycles. The average molecular weight is 396 g/mol. The summed E-state index contributed by atoms with van der Waals surface area (Å²) in [5.74, 6) is 0. The number of piperazine rings is 1. The molecule has 1 saturated heterocycles. The summed E-state index contributed by atoms with van der Waals surface area (Å²) >= 11 is 0. The highest BCUT2D eigenvalue weighted by Gasteiger charge is 2.26. The van der Waals surface area contributed by atoms with Gasteiger partial charge in [-0.25, -0.2) is 4.98 Å². The van der Waals surface area contributed by atoms with E-state index in [0.717, 1.165) is 43.5 Å². The second kappa shape index (κ2) is 8.13. The zero-order valence-electron chi connectivity index (χ0n) is 16.8. The molecule has 1 atom stereocenters. The van der Waals surface area contributed by atoms with Crippen LogP contribution in [0.5, 0.6) is 0 Å². The van der Waals surface area contributed by atoms with Crippen molar-refractivity contribution in [1.29, 1.82) is 0 Å². The number of aldehydes is 1. The summed E-state index contributed by atoms with van der Waals surface area (Å²) in [4.78, 5) is 21.2. The van der Waals surface area contributed by atoms with Crippen LogP contribution in [0, 0.1) is 0 Å². The molecule has 5 heteroatoms. The monoisotopic (exact) mass is 396 g/mol. The average Bonchev–Trinajstić information content (AvgIpc) is 3.25. The fraction of sp³-hybridized carbons (Fsp3) is 0.200. The molecule has 4 aromatic rings. The Balaban J connectivity index is 1.36. The highest BCUT2D eigenvalue weighted by atomic mass is 16.1. The van der Waals surface area contributed by atoms with E-state index in [0.29, 0.717) is 0 Å². The topological polar surface area (TPSA) is 41.4 Å². The van der Waals surface area contributed by atoms with Crippen LogP contribution in [0.1, 0.15) is 6.17 Å². The molecule has 3 heterocycles. The van der Waals surface area contributed by atoms with Gasteiger partial charge in [-0.15, -0.1) is 0 Å². The summed E-state index contributed by atoms with van der Waals surface area (Å²) in [5.41, 5.74) is 4.58. The molecule has 1 unspecified atom stereocenters. The van der Waals surface area contributed by atoms with Crippen molar-refractivity contribution in [3.8, 4) is 11.1 Å². The van der Waals surface area contributed by atoms with Gasteiger partial charge < -0.3 is 9.47 Å². The van der Waals surface area contributed by atoms with E-state index < -0.39 is 0 Å².